The largest absolute Gasteiger partial charge is 0.489 e. The van der Waals surface area contributed by atoms with Gasteiger partial charge in [0.1, 0.15) is 24.6 Å². The second kappa shape index (κ2) is 11.6. The molecule has 2 amide bonds. The summed E-state index contributed by atoms with van der Waals surface area (Å²) in [5, 5.41) is 2.80. The van der Waals surface area contributed by atoms with Gasteiger partial charge in [0.05, 0.1) is 11.7 Å². The van der Waals surface area contributed by atoms with E-state index in [0.29, 0.717) is 32.8 Å². The van der Waals surface area contributed by atoms with Crippen LogP contribution in [0.2, 0.25) is 0 Å². The molecule has 0 aromatic heterocycles. The summed E-state index contributed by atoms with van der Waals surface area (Å²) in [6.45, 7) is 10.5. The number of nitrogens with one attached hydrogen (secondary N) is 1. The second-order valence-electron chi connectivity index (χ2n) is 9.34. The van der Waals surface area contributed by atoms with Crippen molar-refractivity contribution in [2.45, 2.75) is 45.9 Å². The molecule has 1 aliphatic heterocycles. The van der Waals surface area contributed by atoms with E-state index in [1.807, 2.05) is 82.3 Å². The lowest BCUT2D eigenvalue weighted by Gasteiger charge is -2.37. The Hall–Kier alpha value is -3.42. The number of ether oxygens (including phenoxy) is 3. The predicted molar refractivity (Wildman–Crippen MR) is 131 cm³/mol. The van der Waals surface area contributed by atoms with Crippen LogP contribution in [0.3, 0.4) is 0 Å². The molecule has 0 spiro atoms. The topological polar surface area (TPSA) is 80.3 Å². The van der Waals surface area contributed by atoms with Crippen LogP contribution in [0.4, 0.5) is 15.3 Å². The number of benzene rings is 2. The molecule has 1 atom stereocenters. The van der Waals surface area contributed by atoms with Gasteiger partial charge in [0.2, 0.25) is 0 Å². The molecule has 2 aromatic carbocycles. The maximum atomic E-state index is 12.3. The van der Waals surface area contributed by atoms with Gasteiger partial charge in [0.15, 0.2) is 0 Å². The Bertz CT molecular complexity index is 937. The summed E-state index contributed by atoms with van der Waals surface area (Å²) < 4.78 is 16.8. The van der Waals surface area contributed by atoms with Gasteiger partial charge in [0, 0.05) is 26.2 Å². The van der Waals surface area contributed by atoms with Crippen molar-refractivity contribution in [1.29, 1.82) is 0 Å². The lowest BCUT2D eigenvalue weighted by Crippen LogP contribution is -2.50. The van der Waals surface area contributed by atoms with E-state index in [2.05, 4.69) is 10.2 Å². The van der Waals surface area contributed by atoms with Gasteiger partial charge in [-0.2, -0.15) is 0 Å². The molecular weight excluding hydrogens is 434 g/mol. The van der Waals surface area contributed by atoms with E-state index in [1.54, 1.807) is 4.90 Å². The first-order valence-corrected chi connectivity index (χ1v) is 11.6. The molecule has 184 valence electrons. The molecule has 1 aliphatic rings. The molecule has 1 saturated heterocycles. The van der Waals surface area contributed by atoms with Crippen molar-refractivity contribution in [3.05, 3.63) is 60.2 Å². The normalized spacial score (nSPS) is 14.8. The summed E-state index contributed by atoms with van der Waals surface area (Å²) in [5.74, 6) is 0.736. The maximum Gasteiger partial charge on any atom is 0.410 e. The zero-order valence-corrected chi connectivity index (χ0v) is 20.5. The van der Waals surface area contributed by atoms with Gasteiger partial charge in [-0.3, -0.25) is 0 Å². The highest BCUT2D eigenvalue weighted by molar-refractivity contribution is 5.69. The number of amides is 2. The average Bonchev–Trinajstić information content (AvgIpc) is 2.81. The quantitative estimate of drug-likeness (QED) is 0.646. The Morgan fingerprint density at radius 2 is 1.62 bits per heavy atom. The average molecular weight is 470 g/mol. The van der Waals surface area contributed by atoms with Gasteiger partial charge in [-0.05, 0) is 45.4 Å². The number of alkyl carbamates (subject to hydrolysis) is 1. The molecule has 3 rings (SSSR count). The number of rotatable bonds is 7. The molecule has 2 aromatic rings. The van der Waals surface area contributed by atoms with Gasteiger partial charge < -0.3 is 29.3 Å². The van der Waals surface area contributed by atoms with Crippen LogP contribution in [0.15, 0.2) is 54.6 Å². The molecule has 34 heavy (non-hydrogen) atoms. The van der Waals surface area contributed by atoms with Gasteiger partial charge in [-0.15, -0.1) is 0 Å². The lowest BCUT2D eigenvalue weighted by molar-refractivity contribution is 0.0240. The highest BCUT2D eigenvalue weighted by atomic mass is 16.6. The zero-order chi connectivity index (χ0) is 24.6. The van der Waals surface area contributed by atoms with Crippen LogP contribution in [-0.2, 0) is 16.1 Å². The summed E-state index contributed by atoms with van der Waals surface area (Å²) in [5.41, 5.74) is 1.39. The first-order chi connectivity index (χ1) is 16.2. The number of nitrogens with zero attached hydrogens (tertiary/aromatic N) is 2. The van der Waals surface area contributed by atoms with Gasteiger partial charge >= 0.3 is 12.2 Å². The van der Waals surface area contributed by atoms with Crippen LogP contribution < -0.4 is 15.0 Å². The smallest absolute Gasteiger partial charge is 0.410 e. The van der Waals surface area contributed by atoms with E-state index < -0.39 is 11.7 Å². The van der Waals surface area contributed by atoms with E-state index in [4.69, 9.17) is 14.2 Å². The van der Waals surface area contributed by atoms with E-state index >= 15 is 0 Å². The van der Waals surface area contributed by atoms with Crippen molar-refractivity contribution in [3.8, 4) is 5.75 Å². The van der Waals surface area contributed by atoms with Crippen molar-refractivity contribution in [2.24, 2.45) is 0 Å². The summed E-state index contributed by atoms with van der Waals surface area (Å²) in [6.07, 6.45) is -0.762. The Kier molecular flexibility index (Phi) is 8.62. The Morgan fingerprint density at radius 3 is 2.29 bits per heavy atom. The van der Waals surface area contributed by atoms with Crippen molar-refractivity contribution in [2.75, 3.05) is 37.7 Å². The third-order valence-electron chi connectivity index (χ3n) is 5.20. The van der Waals surface area contributed by atoms with Crippen molar-refractivity contribution >= 4 is 17.9 Å². The summed E-state index contributed by atoms with van der Waals surface area (Å²) in [6, 6.07) is 17.1. The predicted octanol–water partition coefficient (Wildman–Crippen LogP) is 4.44. The molecule has 1 fully saturated rings. The standard InChI is InChI=1S/C26H35N3O5/c1-20(27-24(30)33-19-21-10-6-5-7-11-21)18-32-23-13-9-8-12-22(23)28-14-16-29(17-15-28)25(31)34-26(2,3)4/h5-13,20H,14-19H2,1-4H3,(H,27,30). The Morgan fingerprint density at radius 1 is 0.971 bits per heavy atom. The van der Waals surface area contributed by atoms with Gasteiger partial charge in [-0.25, -0.2) is 9.59 Å². The molecule has 1 N–H and O–H groups in total. The fourth-order valence-corrected chi connectivity index (χ4v) is 3.52. The fourth-order valence-electron chi connectivity index (χ4n) is 3.52. The van der Waals surface area contributed by atoms with Crippen molar-refractivity contribution < 1.29 is 23.8 Å². The van der Waals surface area contributed by atoms with Crippen LogP contribution >= 0.6 is 0 Å². The molecule has 0 aliphatic carbocycles. The molecule has 8 nitrogen and oxygen atoms in total. The highest BCUT2D eigenvalue weighted by Gasteiger charge is 2.27. The first-order valence-electron chi connectivity index (χ1n) is 11.6. The lowest BCUT2D eigenvalue weighted by atomic mass is 10.2. The number of hydrogen-bond acceptors (Lipinski definition) is 6. The maximum absolute atomic E-state index is 12.3. The van der Waals surface area contributed by atoms with E-state index in [0.717, 1.165) is 17.0 Å². The van der Waals surface area contributed by atoms with Gasteiger partial charge in [-0.1, -0.05) is 42.5 Å². The Labute approximate surface area is 201 Å². The minimum atomic E-state index is -0.507. The minimum absolute atomic E-state index is 0.221. The van der Waals surface area contributed by atoms with Crippen LogP contribution in [-0.4, -0.2) is 61.5 Å². The molecule has 1 unspecified atom stereocenters. The van der Waals surface area contributed by atoms with Crippen LogP contribution in [0.25, 0.3) is 0 Å². The van der Waals surface area contributed by atoms with Crippen LogP contribution in [0.5, 0.6) is 5.75 Å². The summed E-state index contributed by atoms with van der Waals surface area (Å²) >= 11 is 0. The second-order valence-corrected chi connectivity index (χ2v) is 9.34. The van der Waals surface area contributed by atoms with E-state index in [1.165, 1.54) is 0 Å². The van der Waals surface area contributed by atoms with Crippen LogP contribution in [0, 0.1) is 0 Å². The van der Waals surface area contributed by atoms with Crippen LogP contribution in [0.1, 0.15) is 33.3 Å². The third-order valence-corrected chi connectivity index (χ3v) is 5.20. The molecule has 0 radical (unpaired) electrons. The number of anilines is 1. The molecule has 0 saturated carbocycles. The van der Waals surface area contributed by atoms with Gasteiger partial charge in [0.25, 0.3) is 0 Å². The van der Waals surface area contributed by atoms with Crippen molar-refractivity contribution in [1.82, 2.24) is 10.2 Å². The van der Waals surface area contributed by atoms with Crippen molar-refractivity contribution in [3.63, 3.8) is 0 Å². The minimum Gasteiger partial charge on any atom is -0.489 e. The number of piperazine rings is 1. The molecule has 8 heteroatoms. The number of hydrogen-bond donors (Lipinski definition) is 1. The SMILES string of the molecule is CC(COc1ccccc1N1CCN(C(=O)OC(C)(C)C)CC1)NC(=O)OCc1ccccc1. The third kappa shape index (κ3) is 7.86. The monoisotopic (exact) mass is 469 g/mol. The molecular formula is C26H35N3O5. The van der Waals surface area contributed by atoms with E-state index in [9.17, 15) is 9.59 Å². The molecule has 1 heterocycles. The molecule has 0 bridgehead atoms. The number of para-hydroxylation sites is 2. The zero-order valence-electron chi connectivity index (χ0n) is 20.5. The highest BCUT2D eigenvalue weighted by Crippen LogP contribution is 2.29. The first kappa shape index (κ1) is 25.2. The summed E-state index contributed by atoms with van der Waals surface area (Å²) in [4.78, 5) is 28.3. The number of carbonyl (C=O) groups is 2. The summed E-state index contributed by atoms with van der Waals surface area (Å²) in [7, 11) is 0. The Balaban J connectivity index is 1.47. The number of carbonyl (C=O) groups excluding carboxylic acids is 2. The fraction of sp³-hybridized carbons (Fsp3) is 0.462. The van der Waals surface area contributed by atoms with E-state index in [-0.39, 0.29) is 18.7 Å².